The van der Waals surface area contributed by atoms with Crippen molar-refractivity contribution in [3.8, 4) is 51.0 Å². The predicted octanol–water partition coefficient (Wildman–Crippen LogP) is 13.3. The van der Waals surface area contributed by atoms with E-state index >= 15 is 0 Å². The number of aromatic nitrogens is 4. The van der Waals surface area contributed by atoms with Crippen LogP contribution in [0.5, 0.6) is 0 Å². The molecule has 0 aliphatic heterocycles. The van der Waals surface area contributed by atoms with E-state index in [1.165, 1.54) is 48.9 Å². The molecule has 5 nitrogen and oxygen atoms in total. The van der Waals surface area contributed by atoms with Crippen molar-refractivity contribution in [2.45, 2.75) is 0 Å². The van der Waals surface area contributed by atoms with E-state index in [0.717, 1.165) is 49.9 Å². The summed E-state index contributed by atoms with van der Waals surface area (Å²) in [7, 11) is 0. The number of para-hydroxylation sites is 1. The summed E-state index contributed by atoms with van der Waals surface area (Å²) in [5, 5.41) is 9.68. The fraction of sp³-hybridized carbons (Fsp3) is 0. The molecule has 3 aromatic heterocycles. The van der Waals surface area contributed by atoms with Crippen LogP contribution >= 0.6 is 0 Å². The van der Waals surface area contributed by atoms with Crippen LogP contribution in [-0.2, 0) is 0 Å². The molecule has 0 spiro atoms. The van der Waals surface area contributed by atoms with Crippen molar-refractivity contribution in [3.05, 3.63) is 182 Å². The predicted molar refractivity (Wildman–Crippen MR) is 229 cm³/mol. The number of nitrogens with zero attached hydrogens (tertiary/aromatic N) is 4. The van der Waals surface area contributed by atoms with Crippen molar-refractivity contribution in [1.82, 2.24) is 19.5 Å². The zero-order valence-corrected chi connectivity index (χ0v) is 30.0. The monoisotopic (exact) mass is 714 g/mol. The Morgan fingerprint density at radius 3 is 1.54 bits per heavy atom. The van der Waals surface area contributed by atoms with Crippen LogP contribution in [0, 0.1) is 0 Å². The van der Waals surface area contributed by atoms with Crippen LogP contribution in [0.2, 0.25) is 0 Å². The van der Waals surface area contributed by atoms with Crippen LogP contribution in [0.15, 0.2) is 186 Å². The summed E-state index contributed by atoms with van der Waals surface area (Å²) >= 11 is 0. The summed E-state index contributed by atoms with van der Waals surface area (Å²) in [6.07, 6.45) is 0. The third-order valence-electron chi connectivity index (χ3n) is 11.2. The zero-order valence-electron chi connectivity index (χ0n) is 30.0. The molecule has 3 heterocycles. The van der Waals surface area contributed by atoms with Crippen LogP contribution in [0.1, 0.15) is 0 Å². The van der Waals surface area contributed by atoms with Crippen LogP contribution in [-0.4, -0.2) is 19.5 Å². The Kier molecular flexibility index (Phi) is 6.56. The minimum absolute atomic E-state index is 0.613. The standard InChI is InChI=1S/C51H30N4O/c1-4-13-31(14-5-1)49-52-50(32-15-6-2-7-16-32)54-51(53-49)34-24-28-45-41(30-34)40-29-33(23-27-44(40)56-45)36-25-26-43-48-46(36)38-20-11-10-19-37(38)39-21-12-22-42(47(39)48)55(43)35-17-8-3-9-18-35/h1-30H. The molecule has 0 radical (unpaired) electrons. The molecule has 0 saturated carbocycles. The fourth-order valence-electron chi connectivity index (χ4n) is 8.71. The third kappa shape index (κ3) is 4.58. The molecule has 5 heteroatoms. The van der Waals surface area contributed by atoms with Gasteiger partial charge in [-0.05, 0) is 81.9 Å². The Bertz CT molecular complexity index is 3400. The molecule has 9 aromatic carbocycles. The van der Waals surface area contributed by atoms with Crippen LogP contribution in [0.4, 0.5) is 0 Å². The van der Waals surface area contributed by atoms with Gasteiger partial charge in [0.25, 0.3) is 0 Å². The quantitative estimate of drug-likeness (QED) is 0.167. The van der Waals surface area contributed by atoms with Gasteiger partial charge >= 0.3 is 0 Å². The largest absolute Gasteiger partial charge is 0.456 e. The van der Waals surface area contributed by atoms with E-state index in [1.54, 1.807) is 0 Å². The fourth-order valence-corrected chi connectivity index (χ4v) is 8.71. The molecule has 0 unspecified atom stereocenters. The van der Waals surface area contributed by atoms with Gasteiger partial charge in [0.2, 0.25) is 0 Å². The highest BCUT2D eigenvalue weighted by Crippen LogP contribution is 2.47. The Hall–Kier alpha value is -7.63. The van der Waals surface area contributed by atoms with E-state index in [4.69, 9.17) is 19.4 Å². The highest BCUT2D eigenvalue weighted by Gasteiger charge is 2.23. The molecule has 0 saturated heterocycles. The lowest BCUT2D eigenvalue weighted by atomic mass is 9.89. The van der Waals surface area contributed by atoms with Crippen LogP contribution < -0.4 is 0 Å². The molecule has 12 aromatic rings. The maximum atomic E-state index is 6.47. The Morgan fingerprint density at radius 1 is 0.339 bits per heavy atom. The second kappa shape index (κ2) is 11.9. The van der Waals surface area contributed by atoms with Gasteiger partial charge in [0.15, 0.2) is 17.5 Å². The number of furan rings is 1. The highest BCUT2D eigenvalue weighted by molar-refractivity contribution is 6.36. The Labute approximate surface area is 321 Å². The van der Waals surface area contributed by atoms with Crippen LogP contribution in [0.25, 0.3) is 116 Å². The third-order valence-corrected chi connectivity index (χ3v) is 11.2. The van der Waals surface area contributed by atoms with Gasteiger partial charge < -0.3 is 8.98 Å². The molecule has 56 heavy (non-hydrogen) atoms. The number of rotatable bonds is 5. The summed E-state index contributed by atoms with van der Waals surface area (Å²) in [6.45, 7) is 0. The minimum Gasteiger partial charge on any atom is -0.456 e. The van der Waals surface area contributed by atoms with E-state index in [2.05, 4.69) is 114 Å². The summed E-state index contributed by atoms with van der Waals surface area (Å²) in [5.74, 6) is 1.88. The maximum absolute atomic E-state index is 6.47. The van der Waals surface area contributed by atoms with Gasteiger partial charge in [0.05, 0.1) is 11.0 Å². The second-order valence-corrected chi connectivity index (χ2v) is 14.4. The van der Waals surface area contributed by atoms with Crippen molar-refractivity contribution in [2.75, 3.05) is 0 Å². The smallest absolute Gasteiger partial charge is 0.164 e. The first-order valence-electron chi connectivity index (χ1n) is 18.9. The van der Waals surface area contributed by atoms with E-state index in [1.807, 2.05) is 72.8 Å². The Balaban J connectivity index is 1.08. The molecule has 0 fully saturated rings. The lowest BCUT2D eigenvalue weighted by molar-refractivity contribution is 0.669. The second-order valence-electron chi connectivity index (χ2n) is 14.4. The lowest BCUT2D eigenvalue weighted by Crippen LogP contribution is -2.00. The van der Waals surface area contributed by atoms with Gasteiger partial charge in [0, 0.05) is 49.3 Å². The first kappa shape index (κ1) is 30.8. The summed E-state index contributed by atoms with van der Waals surface area (Å²) in [5.41, 5.74) is 10.3. The van der Waals surface area contributed by atoms with E-state index in [0.29, 0.717) is 17.5 Å². The van der Waals surface area contributed by atoms with Gasteiger partial charge in [-0.15, -0.1) is 0 Å². The number of benzene rings is 9. The van der Waals surface area contributed by atoms with Gasteiger partial charge in [-0.1, -0.05) is 127 Å². The van der Waals surface area contributed by atoms with Gasteiger partial charge in [0.1, 0.15) is 11.2 Å². The van der Waals surface area contributed by atoms with Crippen molar-refractivity contribution in [1.29, 1.82) is 0 Å². The summed E-state index contributed by atoms with van der Waals surface area (Å²) < 4.78 is 8.88. The zero-order chi connectivity index (χ0) is 36.7. The first-order valence-corrected chi connectivity index (χ1v) is 18.9. The average molecular weight is 715 g/mol. The van der Waals surface area contributed by atoms with Crippen molar-refractivity contribution >= 4 is 65.3 Å². The molecule has 12 rings (SSSR count). The van der Waals surface area contributed by atoms with Crippen LogP contribution in [0.3, 0.4) is 0 Å². The molecule has 0 aliphatic rings. The lowest BCUT2D eigenvalue weighted by Gasteiger charge is -2.13. The molecular formula is C51H30N4O. The van der Waals surface area contributed by atoms with E-state index in [-0.39, 0.29) is 0 Å². The molecule has 0 bridgehead atoms. The average Bonchev–Trinajstić information content (AvgIpc) is 3.82. The molecule has 0 atom stereocenters. The number of fused-ring (bicyclic) bond motifs is 6. The SMILES string of the molecule is c1ccc(-c2nc(-c3ccccc3)nc(-c3ccc4oc5ccc(-c6ccc7c8c6c6ccccc6c6cccc(c68)n7-c6ccccc6)cc5c4c3)n2)cc1. The van der Waals surface area contributed by atoms with Crippen molar-refractivity contribution in [3.63, 3.8) is 0 Å². The molecular weight excluding hydrogens is 685 g/mol. The normalized spacial score (nSPS) is 11.9. The summed E-state index contributed by atoms with van der Waals surface area (Å²) in [4.78, 5) is 14.9. The molecule has 0 amide bonds. The maximum Gasteiger partial charge on any atom is 0.164 e. The van der Waals surface area contributed by atoms with E-state index in [9.17, 15) is 0 Å². The van der Waals surface area contributed by atoms with Gasteiger partial charge in [-0.2, -0.15) is 0 Å². The Morgan fingerprint density at radius 2 is 0.857 bits per heavy atom. The molecule has 0 N–H and O–H groups in total. The van der Waals surface area contributed by atoms with Gasteiger partial charge in [-0.3, -0.25) is 0 Å². The molecule has 260 valence electrons. The highest BCUT2D eigenvalue weighted by atomic mass is 16.3. The minimum atomic E-state index is 0.613. The van der Waals surface area contributed by atoms with Gasteiger partial charge in [-0.25, -0.2) is 15.0 Å². The van der Waals surface area contributed by atoms with Crippen molar-refractivity contribution < 1.29 is 4.42 Å². The molecule has 0 aliphatic carbocycles. The number of hydrogen-bond donors (Lipinski definition) is 0. The first-order chi connectivity index (χ1) is 27.8. The topological polar surface area (TPSA) is 56.7 Å². The van der Waals surface area contributed by atoms with E-state index < -0.39 is 0 Å². The summed E-state index contributed by atoms with van der Waals surface area (Å²) in [6, 6.07) is 63.8. The number of hydrogen-bond acceptors (Lipinski definition) is 4. The van der Waals surface area contributed by atoms with Crippen molar-refractivity contribution in [2.24, 2.45) is 0 Å².